The van der Waals surface area contributed by atoms with E-state index >= 15 is 0 Å². The number of hydrogen-bond acceptors (Lipinski definition) is 5. The summed E-state index contributed by atoms with van der Waals surface area (Å²) in [4.78, 5) is 32.0. The van der Waals surface area contributed by atoms with E-state index in [1.807, 2.05) is 0 Å². The van der Waals surface area contributed by atoms with E-state index in [0.717, 1.165) is 30.4 Å². The Balaban J connectivity index is 1.66. The molecular weight excluding hydrogens is 409 g/mol. The number of nitrogens with zero attached hydrogens (tertiary/aromatic N) is 2. The Kier molecular flexibility index (Phi) is 8.16. The van der Waals surface area contributed by atoms with E-state index in [9.17, 15) is 14.0 Å². The van der Waals surface area contributed by atoms with E-state index < -0.39 is 6.04 Å². The van der Waals surface area contributed by atoms with E-state index in [2.05, 4.69) is 34.4 Å². The summed E-state index contributed by atoms with van der Waals surface area (Å²) in [6, 6.07) is 9.28. The average molecular weight is 442 g/mol. The fourth-order valence-corrected chi connectivity index (χ4v) is 4.11. The first-order valence-electron chi connectivity index (χ1n) is 11.1. The Labute approximate surface area is 188 Å². The maximum absolute atomic E-state index is 13.3. The highest BCUT2D eigenvalue weighted by atomic mass is 19.1. The van der Waals surface area contributed by atoms with Gasteiger partial charge in [0.25, 0.3) is 0 Å². The molecule has 2 amide bonds. The van der Waals surface area contributed by atoms with Crippen LogP contribution >= 0.6 is 0 Å². The second-order valence-electron chi connectivity index (χ2n) is 8.56. The summed E-state index contributed by atoms with van der Waals surface area (Å²) < 4.78 is 13.3. The molecule has 8 heteroatoms. The molecule has 3 rings (SSSR count). The first-order valence-corrected chi connectivity index (χ1v) is 11.1. The Bertz CT molecular complexity index is 894. The highest BCUT2D eigenvalue weighted by Crippen LogP contribution is 2.21. The summed E-state index contributed by atoms with van der Waals surface area (Å²) in [6.07, 6.45) is 5.15. The summed E-state index contributed by atoms with van der Waals surface area (Å²) in [5, 5.41) is 5.75. The fraction of sp³-hybridized carbons (Fsp3) is 0.458. The molecule has 4 N–H and O–H groups in total. The van der Waals surface area contributed by atoms with Crippen LogP contribution in [0.4, 0.5) is 10.2 Å². The maximum atomic E-state index is 13.3. The zero-order valence-corrected chi connectivity index (χ0v) is 18.7. The van der Waals surface area contributed by atoms with Crippen LogP contribution in [0.15, 0.2) is 42.6 Å². The van der Waals surface area contributed by atoms with Crippen molar-refractivity contribution in [2.45, 2.75) is 64.2 Å². The molecule has 0 bridgehead atoms. The third-order valence-electron chi connectivity index (χ3n) is 6.02. The molecule has 0 saturated carbocycles. The molecule has 1 aliphatic rings. The number of carbonyl (C=O) groups is 2. The number of benzene rings is 1. The third-order valence-corrected chi connectivity index (χ3v) is 6.02. The molecular formula is C24H32FN5O2. The van der Waals surface area contributed by atoms with E-state index in [1.54, 1.807) is 30.5 Å². The Morgan fingerprint density at radius 2 is 1.78 bits per heavy atom. The molecule has 2 unspecified atom stereocenters. The van der Waals surface area contributed by atoms with Gasteiger partial charge in [-0.3, -0.25) is 14.5 Å². The standard InChI is InChI=1S/C24H32FN5O2/c1-16-4-3-5-17(2)30(16)15-23(31)29-21(12-18-6-9-20(25)10-7-18)24(32)28-14-19-8-11-22(26)27-13-19/h6-11,13,16-17,21H,3-5,12,14-15H2,1-2H3,(H2,26,27)(H,28,32)(H,29,31)/t16-,17?,21?/m0/s1. The highest BCUT2D eigenvalue weighted by molar-refractivity contribution is 5.88. The van der Waals surface area contributed by atoms with E-state index in [1.165, 1.54) is 12.1 Å². The third kappa shape index (κ3) is 6.75. The van der Waals surface area contributed by atoms with Gasteiger partial charge in [0.2, 0.25) is 11.8 Å². The zero-order chi connectivity index (χ0) is 23.1. The predicted octanol–water partition coefficient (Wildman–Crippen LogP) is 2.41. The minimum absolute atomic E-state index is 0.193. The predicted molar refractivity (Wildman–Crippen MR) is 122 cm³/mol. The van der Waals surface area contributed by atoms with Crippen LogP contribution in [0.2, 0.25) is 0 Å². The number of halogens is 1. The van der Waals surface area contributed by atoms with Crippen molar-refractivity contribution in [3.05, 3.63) is 59.5 Å². The van der Waals surface area contributed by atoms with Gasteiger partial charge < -0.3 is 16.4 Å². The summed E-state index contributed by atoms with van der Waals surface area (Å²) in [5.74, 6) is -0.438. The van der Waals surface area contributed by atoms with Gasteiger partial charge in [0.15, 0.2) is 0 Å². The minimum Gasteiger partial charge on any atom is -0.384 e. The molecule has 7 nitrogen and oxygen atoms in total. The molecule has 172 valence electrons. The van der Waals surface area contributed by atoms with Gasteiger partial charge in [-0.05, 0) is 56.0 Å². The number of anilines is 1. The molecule has 2 aromatic rings. The second-order valence-corrected chi connectivity index (χ2v) is 8.56. The van der Waals surface area contributed by atoms with Gasteiger partial charge in [-0.2, -0.15) is 0 Å². The van der Waals surface area contributed by atoms with Crippen LogP contribution in [0.1, 0.15) is 44.2 Å². The van der Waals surface area contributed by atoms with Crippen LogP contribution < -0.4 is 16.4 Å². The van der Waals surface area contributed by atoms with Gasteiger partial charge in [-0.15, -0.1) is 0 Å². The van der Waals surface area contributed by atoms with Crippen molar-refractivity contribution < 1.29 is 14.0 Å². The van der Waals surface area contributed by atoms with Gasteiger partial charge in [0.05, 0.1) is 6.54 Å². The van der Waals surface area contributed by atoms with E-state index in [-0.39, 0.29) is 37.1 Å². The van der Waals surface area contributed by atoms with Crippen LogP contribution in [0.5, 0.6) is 0 Å². The van der Waals surface area contributed by atoms with Crippen molar-refractivity contribution in [1.29, 1.82) is 0 Å². The largest absolute Gasteiger partial charge is 0.384 e. The van der Waals surface area contributed by atoms with Crippen LogP contribution in [0.25, 0.3) is 0 Å². The maximum Gasteiger partial charge on any atom is 0.243 e. The van der Waals surface area contributed by atoms with Crippen molar-refractivity contribution >= 4 is 17.6 Å². The number of carbonyl (C=O) groups excluding carboxylic acids is 2. The Hall–Kier alpha value is -3.00. The quantitative estimate of drug-likeness (QED) is 0.584. The topological polar surface area (TPSA) is 100 Å². The van der Waals surface area contributed by atoms with Crippen molar-refractivity contribution in [1.82, 2.24) is 20.5 Å². The number of hydrogen-bond donors (Lipinski definition) is 3. The SMILES string of the molecule is CC1CCC[C@H](C)N1CC(=O)NC(Cc1ccc(F)cc1)C(=O)NCc1ccc(N)nc1. The summed E-state index contributed by atoms with van der Waals surface area (Å²) in [7, 11) is 0. The Morgan fingerprint density at radius 3 is 2.41 bits per heavy atom. The van der Waals surface area contributed by atoms with E-state index in [0.29, 0.717) is 17.9 Å². The van der Waals surface area contributed by atoms with Gasteiger partial charge in [0, 0.05) is 31.2 Å². The van der Waals surface area contributed by atoms with Gasteiger partial charge in [0.1, 0.15) is 17.7 Å². The lowest BCUT2D eigenvalue weighted by Gasteiger charge is -2.38. The van der Waals surface area contributed by atoms with Crippen LogP contribution in [-0.4, -0.2) is 46.4 Å². The minimum atomic E-state index is -0.773. The normalized spacial score (nSPS) is 19.8. The van der Waals surface area contributed by atoms with Gasteiger partial charge in [-0.1, -0.05) is 24.6 Å². The average Bonchev–Trinajstić information content (AvgIpc) is 2.77. The number of nitrogens with one attached hydrogen (secondary N) is 2. The van der Waals surface area contributed by atoms with Crippen molar-refractivity contribution in [2.24, 2.45) is 0 Å². The van der Waals surface area contributed by atoms with Crippen LogP contribution in [0, 0.1) is 5.82 Å². The highest BCUT2D eigenvalue weighted by Gasteiger charge is 2.28. The summed E-state index contributed by atoms with van der Waals surface area (Å²) in [6.45, 7) is 4.78. The van der Waals surface area contributed by atoms with Crippen LogP contribution in [-0.2, 0) is 22.6 Å². The number of aromatic nitrogens is 1. The monoisotopic (exact) mass is 441 g/mol. The van der Waals surface area contributed by atoms with Crippen molar-refractivity contribution in [2.75, 3.05) is 12.3 Å². The van der Waals surface area contributed by atoms with Crippen molar-refractivity contribution in [3.63, 3.8) is 0 Å². The molecule has 1 aliphatic heterocycles. The molecule has 32 heavy (non-hydrogen) atoms. The molecule has 0 aliphatic carbocycles. The van der Waals surface area contributed by atoms with Gasteiger partial charge >= 0.3 is 0 Å². The lowest BCUT2D eigenvalue weighted by Crippen LogP contribution is -2.53. The number of pyridine rings is 1. The Morgan fingerprint density at radius 1 is 1.12 bits per heavy atom. The number of rotatable bonds is 8. The van der Waals surface area contributed by atoms with Gasteiger partial charge in [-0.25, -0.2) is 9.37 Å². The summed E-state index contributed by atoms with van der Waals surface area (Å²) >= 11 is 0. The first-order chi connectivity index (χ1) is 15.3. The van der Waals surface area contributed by atoms with Crippen molar-refractivity contribution in [3.8, 4) is 0 Å². The molecule has 1 saturated heterocycles. The molecule has 0 spiro atoms. The first kappa shape index (κ1) is 23.7. The second kappa shape index (κ2) is 11.0. The number of nitrogens with two attached hydrogens (primary N) is 1. The molecule has 1 aromatic heterocycles. The fourth-order valence-electron chi connectivity index (χ4n) is 4.11. The summed E-state index contributed by atoms with van der Waals surface area (Å²) in [5.41, 5.74) is 7.17. The number of amides is 2. The number of piperidine rings is 1. The molecule has 1 aromatic carbocycles. The molecule has 1 fully saturated rings. The zero-order valence-electron chi connectivity index (χ0n) is 18.7. The smallest absolute Gasteiger partial charge is 0.243 e. The molecule has 3 atom stereocenters. The van der Waals surface area contributed by atoms with E-state index in [4.69, 9.17) is 5.73 Å². The lowest BCUT2D eigenvalue weighted by molar-refractivity contribution is -0.130. The lowest BCUT2D eigenvalue weighted by atomic mass is 9.97. The number of nitrogen functional groups attached to an aromatic ring is 1. The molecule has 2 heterocycles. The molecule has 0 radical (unpaired) electrons. The number of likely N-dealkylation sites (tertiary alicyclic amines) is 1. The van der Waals surface area contributed by atoms with Crippen LogP contribution in [0.3, 0.4) is 0 Å².